The van der Waals surface area contributed by atoms with Crippen molar-refractivity contribution in [2.45, 2.75) is 51.2 Å². The number of nitrogens with zero attached hydrogens (tertiary/aromatic N) is 2. The average Bonchev–Trinajstić information content (AvgIpc) is 3.27. The van der Waals surface area contributed by atoms with Gasteiger partial charge in [0.15, 0.2) is 0 Å². The lowest BCUT2D eigenvalue weighted by Gasteiger charge is -2.17. The first-order valence-corrected chi connectivity index (χ1v) is 8.75. The van der Waals surface area contributed by atoms with Crippen LogP contribution in [0, 0.1) is 6.92 Å². The molecule has 112 valence electrons. The minimum atomic E-state index is 0.762. The molecule has 0 amide bonds. The first-order valence-electron chi connectivity index (χ1n) is 7.77. The van der Waals surface area contributed by atoms with Gasteiger partial charge in [-0.05, 0) is 44.0 Å². The third kappa shape index (κ3) is 5.08. The zero-order chi connectivity index (χ0) is 14.4. The van der Waals surface area contributed by atoms with E-state index in [1.165, 1.54) is 29.0 Å². The Bertz CT molecular complexity index is 414. The lowest BCUT2D eigenvalue weighted by molar-refractivity contribution is 0.324. The van der Waals surface area contributed by atoms with E-state index in [0.717, 1.165) is 38.0 Å². The average molecular weight is 293 g/mol. The van der Waals surface area contributed by atoms with Crippen LogP contribution in [0.3, 0.4) is 0 Å². The molecule has 0 unspecified atom stereocenters. The lowest BCUT2D eigenvalue weighted by Crippen LogP contribution is -2.25. The summed E-state index contributed by atoms with van der Waals surface area (Å²) < 4.78 is 0. The van der Waals surface area contributed by atoms with Crippen LogP contribution >= 0.6 is 11.8 Å². The Balaban J connectivity index is 1.79. The maximum absolute atomic E-state index is 4.63. The van der Waals surface area contributed by atoms with Crippen LogP contribution in [-0.2, 0) is 6.54 Å². The van der Waals surface area contributed by atoms with E-state index >= 15 is 0 Å². The molecule has 1 aliphatic rings. The summed E-state index contributed by atoms with van der Waals surface area (Å²) in [6.07, 6.45) is 4.71. The van der Waals surface area contributed by atoms with Crippen molar-refractivity contribution in [3.05, 3.63) is 23.4 Å². The molecular formula is C16H27N3S. The summed E-state index contributed by atoms with van der Waals surface area (Å²) in [7, 11) is 0. The number of pyridine rings is 1. The van der Waals surface area contributed by atoms with Gasteiger partial charge in [0.25, 0.3) is 0 Å². The van der Waals surface area contributed by atoms with Gasteiger partial charge in [-0.25, -0.2) is 4.98 Å². The van der Waals surface area contributed by atoms with E-state index in [4.69, 9.17) is 0 Å². The van der Waals surface area contributed by atoms with Gasteiger partial charge in [0, 0.05) is 31.1 Å². The molecule has 1 aliphatic carbocycles. The van der Waals surface area contributed by atoms with E-state index in [-0.39, 0.29) is 0 Å². The van der Waals surface area contributed by atoms with Gasteiger partial charge in [0.2, 0.25) is 0 Å². The lowest BCUT2D eigenvalue weighted by atomic mass is 10.2. The van der Waals surface area contributed by atoms with Gasteiger partial charge in [0.1, 0.15) is 0 Å². The monoisotopic (exact) mass is 293 g/mol. The highest BCUT2D eigenvalue weighted by atomic mass is 32.2. The van der Waals surface area contributed by atoms with Gasteiger partial charge < -0.3 is 10.2 Å². The summed E-state index contributed by atoms with van der Waals surface area (Å²) >= 11 is 1.88. The molecule has 0 atom stereocenters. The van der Waals surface area contributed by atoms with Crippen molar-refractivity contribution in [2.24, 2.45) is 0 Å². The fourth-order valence-electron chi connectivity index (χ4n) is 2.23. The molecule has 4 heteroatoms. The second-order valence-electron chi connectivity index (χ2n) is 5.50. The van der Waals surface area contributed by atoms with Crippen molar-refractivity contribution >= 4 is 11.8 Å². The number of aromatic nitrogens is 1. The highest BCUT2D eigenvalue weighted by Gasteiger charge is 2.20. The van der Waals surface area contributed by atoms with Gasteiger partial charge in [-0.1, -0.05) is 19.9 Å². The van der Waals surface area contributed by atoms with E-state index in [1.54, 1.807) is 0 Å². The Labute approximate surface area is 127 Å². The van der Waals surface area contributed by atoms with Gasteiger partial charge in [0.05, 0.1) is 5.03 Å². The number of thioether (sulfide) groups is 1. The van der Waals surface area contributed by atoms with E-state index < -0.39 is 0 Å². The van der Waals surface area contributed by atoms with Crippen molar-refractivity contribution < 1.29 is 0 Å². The van der Waals surface area contributed by atoms with Crippen molar-refractivity contribution in [1.29, 1.82) is 0 Å². The van der Waals surface area contributed by atoms with Crippen molar-refractivity contribution in [3.63, 3.8) is 0 Å². The van der Waals surface area contributed by atoms with Gasteiger partial charge in [-0.2, -0.15) is 0 Å². The predicted octanol–water partition coefficient (Wildman–Crippen LogP) is 3.08. The zero-order valence-corrected chi connectivity index (χ0v) is 13.8. The molecule has 0 bridgehead atoms. The van der Waals surface area contributed by atoms with Crippen LogP contribution in [0.25, 0.3) is 0 Å². The molecule has 1 N–H and O–H groups in total. The van der Waals surface area contributed by atoms with Crippen LogP contribution in [0.1, 0.15) is 37.8 Å². The normalized spacial score (nSPS) is 15.0. The van der Waals surface area contributed by atoms with Crippen LogP contribution in [0.5, 0.6) is 0 Å². The molecule has 0 radical (unpaired) electrons. The molecule has 20 heavy (non-hydrogen) atoms. The van der Waals surface area contributed by atoms with Crippen molar-refractivity contribution in [2.75, 3.05) is 25.4 Å². The number of aryl methyl sites for hydroxylation is 1. The molecule has 1 saturated carbocycles. The number of rotatable bonds is 9. The predicted molar refractivity (Wildman–Crippen MR) is 87.3 cm³/mol. The summed E-state index contributed by atoms with van der Waals surface area (Å²) in [5, 5.41) is 4.73. The second-order valence-corrected chi connectivity index (χ2v) is 6.58. The first kappa shape index (κ1) is 15.8. The SMILES string of the molecule is CCN(CC)CCSc1ncc(CNC2CC2)cc1C. The first-order chi connectivity index (χ1) is 9.72. The summed E-state index contributed by atoms with van der Waals surface area (Å²) in [4.78, 5) is 7.08. The van der Waals surface area contributed by atoms with Crippen LogP contribution in [0.15, 0.2) is 17.3 Å². The van der Waals surface area contributed by atoms with E-state index in [1.807, 2.05) is 18.0 Å². The minimum Gasteiger partial charge on any atom is -0.310 e. The van der Waals surface area contributed by atoms with Crippen LogP contribution in [0.4, 0.5) is 0 Å². The molecule has 0 spiro atoms. The smallest absolute Gasteiger partial charge is 0.0989 e. The summed E-state index contributed by atoms with van der Waals surface area (Å²) in [6.45, 7) is 11.0. The highest BCUT2D eigenvalue weighted by molar-refractivity contribution is 7.99. The van der Waals surface area contributed by atoms with Gasteiger partial charge in [-0.15, -0.1) is 11.8 Å². The molecule has 1 fully saturated rings. The maximum Gasteiger partial charge on any atom is 0.0989 e. The van der Waals surface area contributed by atoms with Gasteiger partial charge in [-0.3, -0.25) is 0 Å². The second kappa shape index (κ2) is 8.01. The number of hydrogen-bond donors (Lipinski definition) is 1. The third-order valence-corrected chi connectivity index (χ3v) is 4.89. The van der Waals surface area contributed by atoms with Gasteiger partial charge >= 0.3 is 0 Å². The zero-order valence-electron chi connectivity index (χ0n) is 13.0. The Morgan fingerprint density at radius 1 is 1.35 bits per heavy atom. The molecule has 3 nitrogen and oxygen atoms in total. The Morgan fingerprint density at radius 2 is 2.10 bits per heavy atom. The quantitative estimate of drug-likeness (QED) is 0.708. The Hall–Kier alpha value is -0.580. The van der Waals surface area contributed by atoms with E-state index in [9.17, 15) is 0 Å². The third-order valence-electron chi connectivity index (χ3n) is 3.80. The van der Waals surface area contributed by atoms with E-state index in [2.05, 4.69) is 42.0 Å². The highest BCUT2D eigenvalue weighted by Crippen LogP contribution is 2.22. The van der Waals surface area contributed by atoms with Crippen molar-refractivity contribution in [1.82, 2.24) is 15.2 Å². The Kier molecular flexibility index (Phi) is 6.33. The molecule has 2 rings (SSSR count). The number of hydrogen-bond acceptors (Lipinski definition) is 4. The van der Waals surface area contributed by atoms with E-state index in [0.29, 0.717) is 0 Å². The molecule has 0 aromatic carbocycles. The largest absolute Gasteiger partial charge is 0.310 e. The molecular weight excluding hydrogens is 266 g/mol. The van der Waals surface area contributed by atoms with Crippen LogP contribution < -0.4 is 5.32 Å². The molecule has 0 aliphatic heterocycles. The molecule has 0 saturated heterocycles. The summed E-state index contributed by atoms with van der Waals surface area (Å²) in [5.74, 6) is 1.12. The van der Waals surface area contributed by atoms with Crippen LogP contribution in [0.2, 0.25) is 0 Å². The Morgan fingerprint density at radius 3 is 2.70 bits per heavy atom. The standard InChI is InChI=1S/C16H27N3S/c1-4-19(5-2)8-9-20-16-13(3)10-14(12-18-16)11-17-15-6-7-15/h10,12,15,17H,4-9,11H2,1-3H3. The topological polar surface area (TPSA) is 28.2 Å². The maximum atomic E-state index is 4.63. The summed E-state index contributed by atoms with van der Waals surface area (Å²) in [5.41, 5.74) is 2.62. The van der Waals surface area contributed by atoms with Crippen molar-refractivity contribution in [3.8, 4) is 0 Å². The minimum absolute atomic E-state index is 0.762. The number of nitrogens with one attached hydrogen (secondary N) is 1. The fraction of sp³-hybridized carbons (Fsp3) is 0.688. The molecule has 1 aromatic heterocycles. The fourth-order valence-corrected chi connectivity index (χ4v) is 3.19. The summed E-state index contributed by atoms with van der Waals surface area (Å²) in [6, 6.07) is 3.04. The van der Waals surface area contributed by atoms with Crippen LogP contribution in [-0.4, -0.2) is 41.3 Å². The molecule has 1 heterocycles. The molecule has 1 aromatic rings.